The molecule has 0 amide bonds. The van der Waals surface area contributed by atoms with Crippen LogP contribution in [-0.4, -0.2) is 46.7 Å². The summed E-state index contributed by atoms with van der Waals surface area (Å²) in [5.41, 5.74) is 0.106. The summed E-state index contributed by atoms with van der Waals surface area (Å²) < 4.78 is 0. The molecule has 4 nitrogen and oxygen atoms in total. The van der Waals surface area contributed by atoms with Gasteiger partial charge in [-0.25, -0.2) is 0 Å². The Morgan fingerprint density at radius 2 is 1.47 bits per heavy atom. The van der Waals surface area contributed by atoms with Crippen molar-refractivity contribution >= 4 is 11.6 Å². The number of nitrogens with zero attached hydrogens (tertiary/aromatic N) is 1. The van der Waals surface area contributed by atoms with Gasteiger partial charge in [0, 0.05) is 17.1 Å². The van der Waals surface area contributed by atoms with Crippen LogP contribution in [0.25, 0.3) is 0 Å². The molecule has 1 heterocycles. The number of nitrogens with one attached hydrogen (secondary N) is 1. The summed E-state index contributed by atoms with van der Waals surface area (Å²) in [6.45, 7) is 8.83. The van der Waals surface area contributed by atoms with Crippen molar-refractivity contribution in [1.82, 2.24) is 10.2 Å². The van der Waals surface area contributed by atoms with Crippen molar-refractivity contribution in [3.63, 3.8) is 0 Å². The first-order chi connectivity index (χ1) is 8.63. The van der Waals surface area contributed by atoms with E-state index in [9.17, 15) is 9.59 Å². The number of likely N-dealkylation sites (tertiary alicyclic amines) is 1. The van der Waals surface area contributed by atoms with Crippen LogP contribution < -0.4 is 5.32 Å². The molecule has 2 aliphatic rings. The second kappa shape index (κ2) is 4.53. The maximum Gasteiger partial charge on any atom is 0.180 e. The summed E-state index contributed by atoms with van der Waals surface area (Å²) in [6, 6.07) is -0.459. The van der Waals surface area contributed by atoms with Crippen LogP contribution >= 0.6 is 0 Å². The zero-order chi connectivity index (χ0) is 14.4. The van der Waals surface area contributed by atoms with Crippen LogP contribution in [0.1, 0.15) is 40.5 Å². The highest BCUT2D eigenvalue weighted by Crippen LogP contribution is 2.37. The number of hydrogen-bond acceptors (Lipinski definition) is 4. The molecule has 0 atom stereocenters. The molecule has 19 heavy (non-hydrogen) atoms. The average Bonchev–Trinajstić information content (AvgIpc) is 2.57. The fraction of sp³-hybridized carbons (Fsp3) is 0.733. The molecule has 0 spiro atoms. The van der Waals surface area contributed by atoms with Crippen LogP contribution in [-0.2, 0) is 9.59 Å². The molecule has 1 fully saturated rings. The van der Waals surface area contributed by atoms with E-state index < -0.39 is 6.04 Å². The Morgan fingerprint density at radius 3 is 1.89 bits per heavy atom. The van der Waals surface area contributed by atoms with E-state index in [2.05, 4.69) is 45.0 Å². The van der Waals surface area contributed by atoms with E-state index in [0.717, 1.165) is 12.8 Å². The number of ketones is 2. The van der Waals surface area contributed by atoms with Gasteiger partial charge in [-0.3, -0.25) is 19.8 Å². The van der Waals surface area contributed by atoms with Gasteiger partial charge in [-0.15, -0.1) is 0 Å². The Bertz CT molecular complexity index is 401. The highest BCUT2D eigenvalue weighted by atomic mass is 16.2. The molecule has 1 aliphatic carbocycles. The van der Waals surface area contributed by atoms with Gasteiger partial charge in [0.25, 0.3) is 0 Å². The molecule has 0 unspecified atom stereocenters. The monoisotopic (exact) mass is 264 g/mol. The van der Waals surface area contributed by atoms with Crippen LogP contribution in [0.4, 0.5) is 0 Å². The van der Waals surface area contributed by atoms with Gasteiger partial charge in [0.2, 0.25) is 0 Å². The summed E-state index contributed by atoms with van der Waals surface area (Å²) in [4.78, 5) is 25.7. The minimum atomic E-state index is -0.653. The van der Waals surface area contributed by atoms with E-state index in [1.54, 1.807) is 0 Å². The molecule has 0 aromatic heterocycles. The quantitative estimate of drug-likeness (QED) is 0.764. The third-order valence-electron chi connectivity index (χ3n) is 4.69. The lowest BCUT2D eigenvalue weighted by Crippen LogP contribution is -2.63. The molecule has 1 N–H and O–H groups in total. The maximum absolute atomic E-state index is 11.7. The summed E-state index contributed by atoms with van der Waals surface area (Å²) in [5, 5.41) is 3.26. The largest absolute Gasteiger partial charge is 0.298 e. The van der Waals surface area contributed by atoms with Gasteiger partial charge in [-0.2, -0.15) is 0 Å². The zero-order valence-corrected chi connectivity index (χ0v) is 12.5. The lowest BCUT2D eigenvalue weighted by molar-refractivity contribution is -0.124. The van der Waals surface area contributed by atoms with Gasteiger partial charge in [0.15, 0.2) is 11.6 Å². The van der Waals surface area contributed by atoms with Crippen molar-refractivity contribution < 1.29 is 9.59 Å². The predicted octanol–water partition coefficient (Wildman–Crippen LogP) is 1.30. The van der Waals surface area contributed by atoms with Crippen LogP contribution in [0, 0.1) is 0 Å². The Kier molecular flexibility index (Phi) is 3.43. The van der Waals surface area contributed by atoms with E-state index in [1.807, 2.05) is 0 Å². The van der Waals surface area contributed by atoms with Crippen molar-refractivity contribution in [2.45, 2.75) is 63.7 Å². The summed E-state index contributed by atoms with van der Waals surface area (Å²) >= 11 is 0. The molecule has 106 valence electrons. The van der Waals surface area contributed by atoms with E-state index in [4.69, 9.17) is 0 Å². The second-order valence-corrected chi connectivity index (χ2v) is 7.03. The first-order valence-electron chi connectivity index (χ1n) is 6.89. The molecule has 2 rings (SSSR count). The zero-order valence-electron chi connectivity index (χ0n) is 12.5. The first kappa shape index (κ1) is 14.4. The number of hydrogen-bond donors (Lipinski definition) is 1. The molecule has 4 heteroatoms. The minimum absolute atomic E-state index is 0.0531. The van der Waals surface area contributed by atoms with Crippen molar-refractivity contribution in [2.75, 3.05) is 7.05 Å². The SMILES string of the molecule is CN1C(C)(C)CC(NC2C(=O)C=CC2=O)CC1(C)C. The van der Waals surface area contributed by atoms with Gasteiger partial charge in [-0.1, -0.05) is 0 Å². The van der Waals surface area contributed by atoms with Crippen molar-refractivity contribution in [1.29, 1.82) is 0 Å². The summed E-state index contributed by atoms with van der Waals surface area (Å²) in [5.74, 6) is -0.223. The van der Waals surface area contributed by atoms with Crippen molar-refractivity contribution in [2.24, 2.45) is 0 Å². The molecule has 0 bridgehead atoms. The standard InChI is InChI=1S/C15H24N2O2/c1-14(2)8-10(9-15(3,4)17(14)5)16-13-11(18)6-7-12(13)19/h6-7,10,13,16H,8-9H2,1-5H3. The van der Waals surface area contributed by atoms with Gasteiger partial charge in [-0.05, 0) is 59.7 Å². The molecule has 0 aromatic rings. The molecule has 0 radical (unpaired) electrons. The first-order valence-corrected chi connectivity index (χ1v) is 6.89. The Balaban J connectivity index is 2.10. The number of carbonyl (C=O) groups is 2. The number of rotatable bonds is 2. The van der Waals surface area contributed by atoms with Crippen LogP contribution in [0.3, 0.4) is 0 Å². The number of piperidine rings is 1. The second-order valence-electron chi connectivity index (χ2n) is 7.03. The van der Waals surface area contributed by atoms with E-state index >= 15 is 0 Å². The molecule has 0 aromatic carbocycles. The summed E-state index contributed by atoms with van der Waals surface area (Å²) in [7, 11) is 2.14. The normalized spacial score (nSPS) is 28.3. The van der Waals surface area contributed by atoms with Crippen molar-refractivity contribution in [3.05, 3.63) is 12.2 Å². The molecule has 0 saturated carbocycles. The van der Waals surface area contributed by atoms with Gasteiger partial charge in [0.1, 0.15) is 6.04 Å². The van der Waals surface area contributed by atoms with Crippen molar-refractivity contribution in [3.8, 4) is 0 Å². The molecule has 1 saturated heterocycles. The lowest BCUT2D eigenvalue weighted by atomic mass is 9.77. The fourth-order valence-electron chi connectivity index (χ4n) is 3.39. The van der Waals surface area contributed by atoms with Gasteiger partial charge in [0.05, 0.1) is 0 Å². The fourth-order valence-corrected chi connectivity index (χ4v) is 3.39. The smallest absolute Gasteiger partial charge is 0.180 e. The topological polar surface area (TPSA) is 49.4 Å². The highest BCUT2D eigenvalue weighted by Gasteiger charge is 2.44. The van der Waals surface area contributed by atoms with Crippen LogP contribution in [0.2, 0.25) is 0 Å². The van der Waals surface area contributed by atoms with E-state index in [1.165, 1.54) is 12.2 Å². The summed E-state index contributed by atoms with van der Waals surface area (Å²) in [6.07, 6.45) is 4.63. The van der Waals surface area contributed by atoms with Crippen LogP contribution in [0.5, 0.6) is 0 Å². The third-order valence-corrected chi connectivity index (χ3v) is 4.69. The average molecular weight is 264 g/mol. The predicted molar refractivity (Wildman–Crippen MR) is 75.0 cm³/mol. The van der Waals surface area contributed by atoms with Crippen LogP contribution in [0.15, 0.2) is 12.2 Å². The lowest BCUT2D eigenvalue weighted by Gasteiger charge is -2.54. The molecular formula is C15H24N2O2. The Labute approximate surface area is 115 Å². The third kappa shape index (κ3) is 2.65. The van der Waals surface area contributed by atoms with Gasteiger partial charge < -0.3 is 0 Å². The number of carbonyl (C=O) groups excluding carboxylic acids is 2. The molecule has 1 aliphatic heterocycles. The van der Waals surface area contributed by atoms with E-state index in [0.29, 0.717) is 0 Å². The minimum Gasteiger partial charge on any atom is -0.298 e. The Morgan fingerprint density at radius 1 is 1.05 bits per heavy atom. The maximum atomic E-state index is 11.7. The highest BCUT2D eigenvalue weighted by molar-refractivity contribution is 6.22. The van der Waals surface area contributed by atoms with Gasteiger partial charge >= 0.3 is 0 Å². The molecular weight excluding hydrogens is 240 g/mol. The Hall–Kier alpha value is -1.00. The van der Waals surface area contributed by atoms with E-state index in [-0.39, 0.29) is 28.7 Å².